The minimum Gasteiger partial charge on any atom is -0.444 e. The normalized spacial score (nSPS) is 15.8. The smallest absolute Gasteiger partial charge is 0.407 e. The van der Waals surface area contributed by atoms with Gasteiger partial charge in [-0.05, 0) is 57.7 Å². The highest BCUT2D eigenvalue weighted by atomic mass is 79.9. The van der Waals surface area contributed by atoms with Gasteiger partial charge in [-0.3, -0.25) is 4.79 Å². The number of aromatic amines is 1. The SMILES string of the molecule is CC(C)(C)OC(=O)NCC1CCN(C(=O)c2cc3ccc(Br)cc3[nH]2)CC1. The van der Waals surface area contributed by atoms with Crippen LogP contribution in [0.1, 0.15) is 44.1 Å². The predicted octanol–water partition coefficient (Wildman–Crippen LogP) is 4.31. The summed E-state index contributed by atoms with van der Waals surface area (Å²) in [7, 11) is 0. The summed E-state index contributed by atoms with van der Waals surface area (Å²) in [5.74, 6) is 0.390. The lowest BCUT2D eigenvalue weighted by molar-refractivity contribution is 0.0500. The maximum Gasteiger partial charge on any atom is 0.407 e. The number of nitrogens with one attached hydrogen (secondary N) is 2. The molecule has 3 rings (SSSR count). The molecule has 146 valence electrons. The van der Waals surface area contributed by atoms with Crippen molar-refractivity contribution in [3.8, 4) is 0 Å². The first kappa shape index (κ1) is 19.7. The van der Waals surface area contributed by atoms with Gasteiger partial charge in [-0.2, -0.15) is 0 Å². The largest absolute Gasteiger partial charge is 0.444 e. The number of likely N-dealkylation sites (tertiary alicyclic amines) is 1. The number of H-pyrrole nitrogens is 1. The second-order valence-corrected chi connectivity index (χ2v) is 8.95. The van der Waals surface area contributed by atoms with E-state index in [1.54, 1.807) is 0 Å². The molecule has 2 heterocycles. The van der Waals surface area contributed by atoms with Crippen molar-refractivity contribution in [2.24, 2.45) is 5.92 Å². The summed E-state index contributed by atoms with van der Waals surface area (Å²) in [6, 6.07) is 7.83. The fraction of sp³-hybridized carbons (Fsp3) is 0.500. The van der Waals surface area contributed by atoms with E-state index in [9.17, 15) is 9.59 Å². The van der Waals surface area contributed by atoms with Gasteiger partial charge in [0.2, 0.25) is 0 Å². The van der Waals surface area contributed by atoms with Crippen LogP contribution in [-0.4, -0.2) is 47.1 Å². The number of ether oxygens (including phenoxy) is 1. The molecular weight excluding hydrogens is 410 g/mol. The van der Waals surface area contributed by atoms with E-state index in [2.05, 4.69) is 26.2 Å². The molecule has 0 radical (unpaired) electrons. The number of carbonyl (C=O) groups is 2. The summed E-state index contributed by atoms with van der Waals surface area (Å²) in [5, 5.41) is 3.86. The van der Waals surface area contributed by atoms with E-state index >= 15 is 0 Å². The van der Waals surface area contributed by atoms with Gasteiger partial charge in [0.05, 0.1) is 0 Å². The molecule has 1 fully saturated rings. The number of alkyl carbamates (subject to hydrolysis) is 1. The number of benzene rings is 1. The molecule has 1 aliphatic heterocycles. The van der Waals surface area contributed by atoms with Gasteiger partial charge >= 0.3 is 6.09 Å². The molecule has 0 bridgehead atoms. The first-order valence-corrected chi connectivity index (χ1v) is 10.0. The third kappa shape index (κ3) is 5.25. The van der Waals surface area contributed by atoms with E-state index in [0.717, 1.165) is 28.2 Å². The van der Waals surface area contributed by atoms with Crippen LogP contribution < -0.4 is 5.32 Å². The lowest BCUT2D eigenvalue weighted by atomic mass is 9.96. The van der Waals surface area contributed by atoms with Crippen LogP contribution in [0.25, 0.3) is 10.9 Å². The molecule has 1 saturated heterocycles. The van der Waals surface area contributed by atoms with Crippen LogP contribution in [-0.2, 0) is 4.74 Å². The highest BCUT2D eigenvalue weighted by molar-refractivity contribution is 9.10. The van der Waals surface area contributed by atoms with Crippen molar-refractivity contribution in [1.82, 2.24) is 15.2 Å². The second-order valence-electron chi connectivity index (χ2n) is 8.03. The Morgan fingerprint density at radius 2 is 1.96 bits per heavy atom. The van der Waals surface area contributed by atoms with Gasteiger partial charge in [0.1, 0.15) is 11.3 Å². The average molecular weight is 436 g/mol. The molecule has 2 aromatic rings. The number of hydrogen-bond acceptors (Lipinski definition) is 3. The van der Waals surface area contributed by atoms with Gasteiger partial charge in [0.25, 0.3) is 5.91 Å². The molecule has 0 atom stereocenters. The first-order valence-electron chi connectivity index (χ1n) is 9.26. The van der Waals surface area contributed by atoms with Crippen LogP contribution in [0.3, 0.4) is 0 Å². The van der Waals surface area contributed by atoms with Crippen LogP contribution in [0, 0.1) is 5.92 Å². The Morgan fingerprint density at radius 3 is 2.63 bits per heavy atom. The summed E-state index contributed by atoms with van der Waals surface area (Å²) in [6.45, 7) is 7.51. The Balaban J connectivity index is 1.51. The minimum atomic E-state index is -0.491. The number of carbonyl (C=O) groups excluding carboxylic acids is 2. The third-order valence-corrected chi connectivity index (χ3v) is 5.14. The van der Waals surface area contributed by atoms with Gasteiger partial charge in [-0.1, -0.05) is 22.0 Å². The maximum atomic E-state index is 12.8. The molecule has 0 saturated carbocycles. The molecular formula is C20H26BrN3O3. The van der Waals surface area contributed by atoms with Crippen LogP contribution in [0.15, 0.2) is 28.7 Å². The fourth-order valence-corrected chi connectivity index (χ4v) is 3.63. The number of nitrogens with zero attached hydrogens (tertiary/aromatic N) is 1. The van der Waals surface area contributed by atoms with Crippen molar-refractivity contribution in [3.63, 3.8) is 0 Å². The molecule has 1 aromatic heterocycles. The van der Waals surface area contributed by atoms with Gasteiger partial charge in [-0.15, -0.1) is 0 Å². The fourth-order valence-electron chi connectivity index (χ4n) is 3.27. The summed E-state index contributed by atoms with van der Waals surface area (Å²) in [5.41, 5.74) is 1.08. The molecule has 6 nitrogen and oxygen atoms in total. The van der Waals surface area contributed by atoms with Gasteiger partial charge in [0, 0.05) is 35.0 Å². The van der Waals surface area contributed by atoms with E-state index < -0.39 is 5.60 Å². The highest BCUT2D eigenvalue weighted by Crippen LogP contribution is 2.23. The van der Waals surface area contributed by atoms with Gasteiger partial charge in [-0.25, -0.2) is 4.79 Å². The Kier molecular flexibility index (Phi) is 5.79. The standard InChI is InChI=1S/C20H26BrN3O3/c1-20(2,3)27-19(26)22-12-13-6-8-24(9-7-13)18(25)17-10-14-4-5-15(21)11-16(14)23-17/h4-5,10-11,13,23H,6-9,12H2,1-3H3,(H,22,26). The van der Waals surface area contributed by atoms with E-state index in [-0.39, 0.29) is 12.0 Å². The Hall–Kier alpha value is -2.02. The number of aromatic nitrogens is 1. The summed E-state index contributed by atoms with van der Waals surface area (Å²) in [6.07, 6.45) is 1.35. The van der Waals surface area contributed by atoms with E-state index in [1.807, 2.05) is 49.9 Å². The van der Waals surface area contributed by atoms with Crippen molar-refractivity contribution in [2.45, 2.75) is 39.2 Å². The van der Waals surface area contributed by atoms with E-state index in [0.29, 0.717) is 31.2 Å². The van der Waals surface area contributed by atoms with Crippen LogP contribution in [0.2, 0.25) is 0 Å². The topological polar surface area (TPSA) is 74.4 Å². The Labute approximate surface area is 167 Å². The van der Waals surface area contributed by atoms with Crippen LogP contribution in [0.5, 0.6) is 0 Å². The zero-order valence-electron chi connectivity index (χ0n) is 16.0. The van der Waals surface area contributed by atoms with Crippen molar-refractivity contribution in [1.29, 1.82) is 0 Å². The lowest BCUT2D eigenvalue weighted by Gasteiger charge is -2.32. The molecule has 27 heavy (non-hydrogen) atoms. The quantitative estimate of drug-likeness (QED) is 0.753. The third-order valence-electron chi connectivity index (χ3n) is 4.65. The second kappa shape index (κ2) is 7.92. The molecule has 0 spiro atoms. The van der Waals surface area contributed by atoms with Crippen molar-refractivity contribution in [2.75, 3.05) is 19.6 Å². The van der Waals surface area contributed by atoms with Gasteiger partial charge < -0.3 is 19.9 Å². The van der Waals surface area contributed by atoms with Crippen LogP contribution in [0.4, 0.5) is 4.79 Å². The predicted molar refractivity (Wildman–Crippen MR) is 109 cm³/mol. The molecule has 1 aliphatic rings. The number of rotatable bonds is 3. The Morgan fingerprint density at radius 1 is 1.26 bits per heavy atom. The van der Waals surface area contributed by atoms with E-state index in [4.69, 9.17) is 4.74 Å². The summed E-state index contributed by atoms with van der Waals surface area (Å²) in [4.78, 5) is 29.6. The molecule has 7 heteroatoms. The molecule has 0 aliphatic carbocycles. The number of piperidine rings is 1. The van der Waals surface area contributed by atoms with Crippen molar-refractivity contribution >= 4 is 38.8 Å². The zero-order valence-corrected chi connectivity index (χ0v) is 17.6. The van der Waals surface area contributed by atoms with Crippen molar-refractivity contribution < 1.29 is 14.3 Å². The lowest BCUT2D eigenvalue weighted by Crippen LogP contribution is -2.42. The molecule has 0 unspecified atom stereocenters. The summed E-state index contributed by atoms with van der Waals surface area (Å²) >= 11 is 3.45. The summed E-state index contributed by atoms with van der Waals surface area (Å²) < 4.78 is 6.24. The maximum absolute atomic E-state index is 12.8. The van der Waals surface area contributed by atoms with Crippen molar-refractivity contribution in [3.05, 3.63) is 34.4 Å². The monoisotopic (exact) mass is 435 g/mol. The average Bonchev–Trinajstić information content (AvgIpc) is 3.01. The number of amides is 2. The van der Waals surface area contributed by atoms with E-state index in [1.165, 1.54) is 0 Å². The number of hydrogen-bond donors (Lipinski definition) is 2. The molecule has 2 amide bonds. The highest BCUT2D eigenvalue weighted by Gasteiger charge is 2.25. The minimum absolute atomic E-state index is 0.0286. The van der Waals surface area contributed by atoms with Gasteiger partial charge in [0.15, 0.2) is 0 Å². The molecule has 1 aromatic carbocycles. The Bertz CT molecular complexity index is 833. The first-order chi connectivity index (χ1) is 12.7. The molecule has 2 N–H and O–H groups in total. The zero-order chi connectivity index (χ0) is 19.6. The number of fused-ring (bicyclic) bond motifs is 1. The van der Waals surface area contributed by atoms with Crippen LogP contribution >= 0.6 is 15.9 Å². The number of halogens is 1.